The van der Waals surface area contributed by atoms with Gasteiger partial charge in [0.2, 0.25) is 0 Å². The van der Waals surface area contributed by atoms with Gasteiger partial charge in [0, 0.05) is 0 Å². The summed E-state index contributed by atoms with van der Waals surface area (Å²) in [6.45, 7) is 2.08. The smallest absolute Gasteiger partial charge is 0.316 e. The van der Waals surface area contributed by atoms with Gasteiger partial charge in [-0.1, -0.05) is 35.9 Å². The highest BCUT2D eigenvalue weighted by Crippen LogP contribution is 1.92. The SMILES string of the molecule is COC(=O)CC(=O)OC.Cc1ccccc1. The molecule has 0 aliphatic carbocycles. The minimum atomic E-state index is -0.582. The quantitative estimate of drug-likeness (QED) is 0.567. The fraction of sp³-hybridized carbons (Fsp3) is 0.333. The van der Waals surface area contributed by atoms with E-state index in [9.17, 15) is 9.59 Å². The van der Waals surface area contributed by atoms with Crippen molar-refractivity contribution >= 4 is 11.9 Å². The van der Waals surface area contributed by atoms with Crippen molar-refractivity contribution < 1.29 is 19.1 Å². The van der Waals surface area contributed by atoms with Crippen LogP contribution in [0.1, 0.15) is 12.0 Å². The van der Waals surface area contributed by atoms with Gasteiger partial charge in [-0.15, -0.1) is 0 Å². The van der Waals surface area contributed by atoms with E-state index in [2.05, 4.69) is 28.5 Å². The van der Waals surface area contributed by atoms with Crippen molar-refractivity contribution in [3.05, 3.63) is 35.9 Å². The molecule has 0 aromatic heterocycles. The molecule has 1 aromatic carbocycles. The second-order valence-electron chi connectivity index (χ2n) is 2.98. The Kier molecular flexibility index (Phi) is 7.49. The lowest BCUT2D eigenvalue weighted by atomic mass is 10.2. The molecular weight excluding hydrogens is 208 g/mol. The predicted octanol–water partition coefficient (Wildman–Crippen LogP) is 1.72. The highest BCUT2D eigenvalue weighted by atomic mass is 16.5. The Morgan fingerprint density at radius 3 is 1.69 bits per heavy atom. The number of benzene rings is 1. The fourth-order valence-electron chi connectivity index (χ4n) is 0.797. The van der Waals surface area contributed by atoms with E-state index in [-0.39, 0.29) is 6.42 Å². The number of carbonyl (C=O) groups is 2. The number of ether oxygens (including phenoxy) is 2. The van der Waals surface area contributed by atoms with Crippen molar-refractivity contribution in [1.29, 1.82) is 0 Å². The number of esters is 2. The van der Waals surface area contributed by atoms with Crippen LogP contribution < -0.4 is 0 Å². The zero-order valence-electron chi connectivity index (χ0n) is 9.73. The molecule has 0 bridgehead atoms. The third-order valence-electron chi connectivity index (χ3n) is 1.68. The normalized spacial score (nSPS) is 8.44. The zero-order chi connectivity index (χ0) is 12.4. The maximum absolute atomic E-state index is 10.3. The summed E-state index contributed by atoms with van der Waals surface area (Å²) >= 11 is 0. The van der Waals surface area contributed by atoms with Crippen molar-refractivity contribution in [2.24, 2.45) is 0 Å². The number of methoxy groups -OCH3 is 2. The molecule has 0 saturated heterocycles. The highest BCUT2D eigenvalue weighted by Gasteiger charge is 2.07. The van der Waals surface area contributed by atoms with Gasteiger partial charge in [-0.25, -0.2) is 0 Å². The Labute approximate surface area is 95.2 Å². The van der Waals surface area contributed by atoms with Crippen LogP contribution in [0.3, 0.4) is 0 Å². The lowest BCUT2D eigenvalue weighted by molar-refractivity contribution is -0.151. The molecule has 88 valence electrons. The van der Waals surface area contributed by atoms with Crippen LogP contribution in [0.5, 0.6) is 0 Å². The Hall–Kier alpha value is -1.84. The van der Waals surface area contributed by atoms with E-state index < -0.39 is 11.9 Å². The van der Waals surface area contributed by atoms with Crippen LogP contribution in [0.15, 0.2) is 30.3 Å². The molecule has 0 radical (unpaired) electrons. The van der Waals surface area contributed by atoms with Crippen molar-refractivity contribution in [2.75, 3.05) is 14.2 Å². The molecule has 0 unspecified atom stereocenters. The first-order valence-electron chi connectivity index (χ1n) is 4.75. The third kappa shape index (κ3) is 7.55. The maximum Gasteiger partial charge on any atom is 0.316 e. The summed E-state index contributed by atoms with van der Waals surface area (Å²) in [5.41, 5.74) is 1.32. The van der Waals surface area contributed by atoms with Gasteiger partial charge < -0.3 is 9.47 Å². The third-order valence-corrected chi connectivity index (χ3v) is 1.68. The van der Waals surface area contributed by atoms with Crippen molar-refractivity contribution in [3.8, 4) is 0 Å². The molecule has 4 heteroatoms. The molecule has 16 heavy (non-hydrogen) atoms. The summed E-state index contributed by atoms with van der Waals surface area (Å²) in [4.78, 5) is 20.5. The van der Waals surface area contributed by atoms with E-state index in [1.54, 1.807) is 0 Å². The Bertz CT molecular complexity index is 305. The van der Waals surface area contributed by atoms with Crippen LogP contribution in [0.4, 0.5) is 0 Å². The Balaban J connectivity index is 0.000000288. The van der Waals surface area contributed by atoms with Crippen LogP contribution in [-0.2, 0) is 19.1 Å². The van der Waals surface area contributed by atoms with Gasteiger partial charge in [0.1, 0.15) is 6.42 Å². The molecule has 0 saturated carbocycles. The topological polar surface area (TPSA) is 52.6 Å². The molecule has 0 aliphatic rings. The number of aryl methyl sites for hydroxylation is 1. The molecule has 0 N–H and O–H groups in total. The van der Waals surface area contributed by atoms with E-state index >= 15 is 0 Å². The number of rotatable bonds is 2. The zero-order valence-corrected chi connectivity index (χ0v) is 9.73. The van der Waals surface area contributed by atoms with Gasteiger partial charge in [-0.3, -0.25) is 9.59 Å². The summed E-state index contributed by atoms with van der Waals surface area (Å²) in [5, 5.41) is 0. The second-order valence-corrected chi connectivity index (χ2v) is 2.98. The van der Waals surface area contributed by atoms with Crippen LogP contribution in [0.2, 0.25) is 0 Å². The molecule has 0 heterocycles. The molecule has 4 nitrogen and oxygen atoms in total. The molecule has 0 fully saturated rings. The van der Waals surface area contributed by atoms with Gasteiger partial charge in [-0.05, 0) is 6.92 Å². The number of hydrogen-bond donors (Lipinski definition) is 0. The van der Waals surface area contributed by atoms with Crippen molar-refractivity contribution in [2.45, 2.75) is 13.3 Å². The van der Waals surface area contributed by atoms with Gasteiger partial charge in [0.05, 0.1) is 14.2 Å². The van der Waals surface area contributed by atoms with Crippen LogP contribution in [0, 0.1) is 6.92 Å². The summed E-state index contributed by atoms with van der Waals surface area (Å²) in [6, 6.07) is 10.3. The summed E-state index contributed by atoms with van der Waals surface area (Å²) in [6.07, 6.45) is -0.312. The molecule has 0 spiro atoms. The van der Waals surface area contributed by atoms with Crippen LogP contribution >= 0.6 is 0 Å². The lowest BCUT2D eigenvalue weighted by Crippen LogP contribution is -2.09. The fourth-order valence-corrected chi connectivity index (χ4v) is 0.797. The number of hydrogen-bond acceptors (Lipinski definition) is 4. The lowest BCUT2D eigenvalue weighted by Gasteiger charge is -1.95. The average Bonchev–Trinajstić information content (AvgIpc) is 2.30. The van der Waals surface area contributed by atoms with E-state index in [0.717, 1.165) is 0 Å². The first-order chi connectivity index (χ1) is 7.60. The molecule has 0 atom stereocenters. The van der Waals surface area contributed by atoms with Crippen LogP contribution in [0.25, 0.3) is 0 Å². The maximum atomic E-state index is 10.3. The van der Waals surface area contributed by atoms with Crippen molar-refractivity contribution in [3.63, 3.8) is 0 Å². The first kappa shape index (κ1) is 14.2. The minimum absolute atomic E-state index is 0.312. The van der Waals surface area contributed by atoms with E-state index in [1.807, 2.05) is 18.2 Å². The Morgan fingerprint density at radius 1 is 1.00 bits per heavy atom. The molecule has 1 rings (SSSR count). The predicted molar refractivity (Wildman–Crippen MR) is 59.8 cm³/mol. The summed E-state index contributed by atoms with van der Waals surface area (Å²) < 4.78 is 8.37. The summed E-state index contributed by atoms with van der Waals surface area (Å²) in [7, 11) is 2.43. The second kappa shape index (κ2) is 8.47. The van der Waals surface area contributed by atoms with Crippen LogP contribution in [-0.4, -0.2) is 26.2 Å². The largest absolute Gasteiger partial charge is 0.469 e. The van der Waals surface area contributed by atoms with E-state index in [1.165, 1.54) is 19.8 Å². The molecule has 1 aromatic rings. The Morgan fingerprint density at radius 2 is 1.44 bits per heavy atom. The minimum Gasteiger partial charge on any atom is -0.469 e. The van der Waals surface area contributed by atoms with Gasteiger partial charge >= 0.3 is 11.9 Å². The van der Waals surface area contributed by atoms with Crippen molar-refractivity contribution in [1.82, 2.24) is 0 Å². The standard InChI is InChI=1S/C7H8.C5H8O4/c1-7-5-3-2-4-6-7;1-8-4(6)3-5(7)9-2/h2-6H,1H3;3H2,1-2H3. The monoisotopic (exact) mass is 224 g/mol. The molecular formula is C12H16O4. The highest BCUT2D eigenvalue weighted by molar-refractivity contribution is 5.90. The number of carbonyl (C=O) groups excluding carboxylic acids is 2. The molecule has 0 amide bonds. The van der Waals surface area contributed by atoms with E-state index in [0.29, 0.717) is 0 Å². The average molecular weight is 224 g/mol. The first-order valence-corrected chi connectivity index (χ1v) is 4.75. The van der Waals surface area contributed by atoms with Gasteiger partial charge in [-0.2, -0.15) is 0 Å². The molecule has 0 aliphatic heterocycles. The van der Waals surface area contributed by atoms with Gasteiger partial charge in [0.15, 0.2) is 0 Å². The summed E-state index contributed by atoms with van der Waals surface area (Å²) in [5.74, 6) is -1.16. The van der Waals surface area contributed by atoms with E-state index in [4.69, 9.17) is 0 Å². The van der Waals surface area contributed by atoms with Gasteiger partial charge in [0.25, 0.3) is 0 Å².